The van der Waals surface area contributed by atoms with Crippen LogP contribution < -0.4 is 14.2 Å². The monoisotopic (exact) mass is 496 g/mol. The van der Waals surface area contributed by atoms with Crippen molar-refractivity contribution in [2.24, 2.45) is 0 Å². The Balaban J connectivity index is 2.12. The Hall–Kier alpha value is -3.52. The van der Waals surface area contributed by atoms with E-state index in [2.05, 4.69) is 18.7 Å². The lowest BCUT2D eigenvalue weighted by molar-refractivity contribution is -0.140. The minimum absolute atomic E-state index is 0.0509. The molecule has 1 amide bonds. The van der Waals surface area contributed by atoms with Crippen LogP contribution >= 0.6 is 0 Å². The molecule has 1 atom stereocenters. The normalized spacial score (nSPS) is 17.1. The minimum atomic E-state index is -0.767. The second kappa shape index (κ2) is 12.4. The van der Waals surface area contributed by atoms with Crippen molar-refractivity contribution in [2.75, 3.05) is 46.5 Å². The van der Waals surface area contributed by atoms with Gasteiger partial charge in [0.25, 0.3) is 11.7 Å². The zero-order valence-corrected chi connectivity index (χ0v) is 21.7. The van der Waals surface area contributed by atoms with E-state index in [1.165, 1.54) is 4.90 Å². The molecule has 0 unspecified atom stereocenters. The van der Waals surface area contributed by atoms with Crippen LogP contribution in [0.3, 0.4) is 0 Å². The fourth-order valence-corrected chi connectivity index (χ4v) is 4.41. The van der Waals surface area contributed by atoms with E-state index >= 15 is 0 Å². The lowest BCUT2D eigenvalue weighted by atomic mass is 9.95. The molecular weight excluding hydrogens is 460 g/mol. The number of carbonyl (C=O) groups is 2. The molecule has 1 aliphatic heterocycles. The van der Waals surface area contributed by atoms with E-state index in [9.17, 15) is 14.7 Å². The molecule has 0 saturated carbocycles. The summed E-state index contributed by atoms with van der Waals surface area (Å²) in [5, 5.41) is 11.3. The van der Waals surface area contributed by atoms with Crippen LogP contribution in [-0.4, -0.2) is 73.1 Å². The number of nitrogens with zero attached hydrogens (tertiary/aromatic N) is 2. The highest BCUT2D eigenvalue weighted by Crippen LogP contribution is 2.42. The van der Waals surface area contributed by atoms with E-state index in [0.717, 1.165) is 13.1 Å². The van der Waals surface area contributed by atoms with Crippen LogP contribution in [0.2, 0.25) is 0 Å². The van der Waals surface area contributed by atoms with E-state index < -0.39 is 17.7 Å². The number of hydrogen-bond donors (Lipinski definition) is 1. The SMILES string of the molecule is CCOc1ccc(/C(O)=C2\C(=O)C(=O)N(CCN(CC)CC)[C@H]2c2ccc(OCC)c(OC)c2)cc1. The molecule has 2 aromatic carbocycles. The fraction of sp³-hybridized carbons (Fsp3) is 0.429. The van der Waals surface area contributed by atoms with Crippen molar-refractivity contribution in [1.29, 1.82) is 0 Å². The van der Waals surface area contributed by atoms with Gasteiger partial charge in [-0.1, -0.05) is 19.9 Å². The largest absolute Gasteiger partial charge is 0.507 e. The number of ether oxygens (including phenoxy) is 3. The highest BCUT2D eigenvalue weighted by molar-refractivity contribution is 6.46. The summed E-state index contributed by atoms with van der Waals surface area (Å²) >= 11 is 0. The maximum atomic E-state index is 13.3. The van der Waals surface area contributed by atoms with E-state index in [0.29, 0.717) is 54.7 Å². The van der Waals surface area contributed by atoms with Gasteiger partial charge < -0.3 is 29.1 Å². The predicted molar refractivity (Wildman–Crippen MR) is 139 cm³/mol. The maximum Gasteiger partial charge on any atom is 0.295 e. The van der Waals surface area contributed by atoms with Crippen LogP contribution in [0, 0.1) is 0 Å². The van der Waals surface area contributed by atoms with Crippen LogP contribution in [0.1, 0.15) is 44.9 Å². The summed E-state index contributed by atoms with van der Waals surface area (Å²) in [5.41, 5.74) is 1.14. The first-order valence-corrected chi connectivity index (χ1v) is 12.4. The first-order chi connectivity index (χ1) is 17.4. The van der Waals surface area contributed by atoms with Gasteiger partial charge in [0.2, 0.25) is 0 Å². The third-order valence-electron chi connectivity index (χ3n) is 6.33. The lowest BCUT2D eigenvalue weighted by Crippen LogP contribution is -2.38. The maximum absolute atomic E-state index is 13.3. The molecule has 0 radical (unpaired) electrons. The fourth-order valence-electron chi connectivity index (χ4n) is 4.41. The molecule has 1 aliphatic rings. The van der Waals surface area contributed by atoms with E-state index in [-0.39, 0.29) is 11.3 Å². The highest BCUT2D eigenvalue weighted by atomic mass is 16.5. The summed E-state index contributed by atoms with van der Waals surface area (Å²) < 4.78 is 16.7. The topological polar surface area (TPSA) is 88.5 Å². The van der Waals surface area contributed by atoms with Crippen molar-refractivity contribution < 1.29 is 28.9 Å². The van der Waals surface area contributed by atoms with Gasteiger partial charge in [-0.15, -0.1) is 0 Å². The quantitative estimate of drug-likeness (QED) is 0.267. The van der Waals surface area contributed by atoms with Gasteiger partial charge in [-0.25, -0.2) is 0 Å². The lowest BCUT2D eigenvalue weighted by Gasteiger charge is -2.28. The van der Waals surface area contributed by atoms with Crippen molar-refractivity contribution in [2.45, 2.75) is 33.7 Å². The molecule has 1 N–H and O–H groups in total. The zero-order valence-electron chi connectivity index (χ0n) is 21.7. The van der Waals surface area contributed by atoms with E-state index in [4.69, 9.17) is 14.2 Å². The number of likely N-dealkylation sites (N-methyl/N-ethyl adjacent to an activating group) is 1. The number of carbonyl (C=O) groups excluding carboxylic acids is 2. The molecule has 36 heavy (non-hydrogen) atoms. The van der Waals surface area contributed by atoms with Crippen LogP contribution in [0.15, 0.2) is 48.0 Å². The average Bonchev–Trinajstić information content (AvgIpc) is 3.15. The molecule has 2 aromatic rings. The third-order valence-corrected chi connectivity index (χ3v) is 6.33. The Morgan fingerprint density at radius 1 is 0.944 bits per heavy atom. The summed E-state index contributed by atoms with van der Waals surface area (Å²) in [7, 11) is 1.54. The van der Waals surface area contributed by atoms with Gasteiger partial charge in [-0.3, -0.25) is 9.59 Å². The second-order valence-corrected chi connectivity index (χ2v) is 8.32. The molecule has 0 aromatic heterocycles. The molecule has 0 aliphatic carbocycles. The van der Waals surface area contributed by atoms with Gasteiger partial charge in [0.05, 0.1) is 31.9 Å². The second-order valence-electron chi connectivity index (χ2n) is 8.32. The first kappa shape index (κ1) is 27.1. The number of aliphatic hydroxyl groups excluding tert-OH is 1. The number of rotatable bonds is 12. The minimum Gasteiger partial charge on any atom is -0.507 e. The number of methoxy groups -OCH3 is 1. The average molecular weight is 497 g/mol. The van der Waals surface area contributed by atoms with Crippen LogP contribution in [0.5, 0.6) is 17.2 Å². The summed E-state index contributed by atoms with van der Waals surface area (Å²) in [5.74, 6) is 0.146. The first-order valence-electron chi connectivity index (χ1n) is 12.4. The van der Waals surface area contributed by atoms with Gasteiger partial charge in [0, 0.05) is 18.7 Å². The molecule has 8 nitrogen and oxygen atoms in total. The van der Waals surface area contributed by atoms with Crippen LogP contribution in [0.4, 0.5) is 0 Å². The van der Waals surface area contributed by atoms with Crippen molar-refractivity contribution in [3.05, 3.63) is 59.2 Å². The summed E-state index contributed by atoms with van der Waals surface area (Å²) in [6.07, 6.45) is 0. The molecule has 0 spiro atoms. The Labute approximate surface area is 213 Å². The number of Topliss-reactive ketones (excluding diaryl/α,β-unsaturated/α-hetero) is 1. The van der Waals surface area contributed by atoms with Crippen LogP contribution in [0.25, 0.3) is 5.76 Å². The van der Waals surface area contributed by atoms with E-state index in [1.807, 2.05) is 13.8 Å². The Morgan fingerprint density at radius 3 is 2.19 bits per heavy atom. The molecule has 1 saturated heterocycles. The predicted octanol–water partition coefficient (Wildman–Crippen LogP) is 4.26. The molecule has 1 fully saturated rings. The number of benzene rings is 2. The van der Waals surface area contributed by atoms with Gasteiger partial charge in [0.15, 0.2) is 11.5 Å². The van der Waals surface area contributed by atoms with Crippen molar-refractivity contribution in [3.8, 4) is 17.2 Å². The number of amides is 1. The molecule has 0 bridgehead atoms. The van der Waals surface area contributed by atoms with Crippen LogP contribution in [-0.2, 0) is 9.59 Å². The summed E-state index contributed by atoms with van der Waals surface area (Å²) in [6, 6.07) is 11.4. The van der Waals surface area contributed by atoms with Gasteiger partial charge in [-0.2, -0.15) is 0 Å². The summed E-state index contributed by atoms with van der Waals surface area (Å²) in [6.45, 7) is 11.5. The molecule has 3 rings (SSSR count). The van der Waals surface area contributed by atoms with E-state index in [1.54, 1.807) is 49.6 Å². The third kappa shape index (κ3) is 5.65. The van der Waals surface area contributed by atoms with Gasteiger partial charge in [-0.05, 0) is 68.9 Å². The number of ketones is 1. The number of hydrogen-bond acceptors (Lipinski definition) is 7. The zero-order chi connectivity index (χ0) is 26.2. The summed E-state index contributed by atoms with van der Waals surface area (Å²) in [4.78, 5) is 30.2. The highest BCUT2D eigenvalue weighted by Gasteiger charge is 2.46. The molecule has 8 heteroatoms. The Morgan fingerprint density at radius 2 is 1.61 bits per heavy atom. The Bertz CT molecular complexity index is 1090. The van der Waals surface area contributed by atoms with Gasteiger partial charge in [0.1, 0.15) is 11.5 Å². The van der Waals surface area contributed by atoms with Crippen molar-refractivity contribution in [1.82, 2.24) is 9.80 Å². The van der Waals surface area contributed by atoms with Crippen molar-refractivity contribution >= 4 is 17.4 Å². The van der Waals surface area contributed by atoms with Crippen molar-refractivity contribution in [3.63, 3.8) is 0 Å². The smallest absolute Gasteiger partial charge is 0.295 e. The molecule has 1 heterocycles. The standard InChI is InChI=1S/C28H36N2O6/c1-6-29(7-2)16-17-30-25(20-12-15-22(36-9-4)23(18-20)34-5)24(27(32)28(30)33)26(31)19-10-13-21(14-11-19)35-8-3/h10-15,18,25,31H,6-9,16-17H2,1-5H3/b26-24+/t25-/m0/s1. The number of aliphatic hydroxyl groups is 1. The molecular formula is C28H36N2O6. The number of likely N-dealkylation sites (tertiary alicyclic amines) is 1. The molecule has 194 valence electrons. The Kier molecular flexibility index (Phi) is 9.36. The van der Waals surface area contributed by atoms with Gasteiger partial charge >= 0.3 is 0 Å².